The molecule has 0 aromatic carbocycles. The molecule has 1 unspecified atom stereocenters. The summed E-state index contributed by atoms with van der Waals surface area (Å²) in [6.07, 6.45) is 4.23. The summed E-state index contributed by atoms with van der Waals surface area (Å²) in [7, 11) is 0. The lowest BCUT2D eigenvalue weighted by atomic mass is 9.98. The van der Waals surface area contributed by atoms with Gasteiger partial charge in [-0.25, -0.2) is 0 Å². The van der Waals surface area contributed by atoms with Crippen molar-refractivity contribution in [3.8, 4) is 0 Å². The minimum atomic E-state index is 0.263. The Morgan fingerprint density at radius 2 is 2.12 bits per heavy atom. The number of oxime groups is 1. The van der Waals surface area contributed by atoms with Crippen molar-refractivity contribution in [2.24, 2.45) is 22.2 Å². The fourth-order valence-electron chi connectivity index (χ4n) is 2.21. The van der Waals surface area contributed by atoms with E-state index in [0.29, 0.717) is 24.2 Å². The highest BCUT2D eigenvalue weighted by Gasteiger charge is 2.43. The number of rotatable bonds is 7. The molecule has 1 rings (SSSR count). The molecule has 0 aliphatic heterocycles. The SMILES string of the molecule is CCC(NCC1(CC(N)=NO)CC1)C(C)C. The molecule has 1 atom stereocenters. The molecule has 0 heterocycles. The van der Waals surface area contributed by atoms with Crippen molar-refractivity contribution in [1.29, 1.82) is 0 Å². The van der Waals surface area contributed by atoms with E-state index in [-0.39, 0.29) is 5.41 Å². The lowest BCUT2D eigenvalue weighted by Gasteiger charge is -2.24. The van der Waals surface area contributed by atoms with Gasteiger partial charge in [-0.15, -0.1) is 0 Å². The van der Waals surface area contributed by atoms with Crippen LogP contribution in [0.2, 0.25) is 0 Å². The fraction of sp³-hybridized carbons (Fsp3) is 0.917. The zero-order valence-electron chi connectivity index (χ0n) is 10.7. The summed E-state index contributed by atoms with van der Waals surface area (Å²) < 4.78 is 0. The second-order valence-electron chi connectivity index (χ2n) is 5.41. The average Bonchev–Trinajstić information content (AvgIpc) is 2.98. The number of hydrogen-bond donors (Lipinski definition) is 3. The van der Waals surface area contributed by atoms with E-state index < -0.39 is 0 Å². The maximum atomic E-state index is 8.58. The van der Waals surface area contributed by atoms with Crippen molar-refractivity contribution in [2.75, 3.05) is 6.54 Å². The van der Waals surface area contributed by atoms with Crippen molar-refractivity contribution in [3.05, 3.63) is 0 Å². The average molecular weight is 227 g/mol. The van der Waals surface area contributed by atoms with Crippen LogP contribution in [-0.4, -0.2) is 23.6 Å². The van der Waals surface area contributed by atoms with E-state index in [1.165, 1.54) is 12.8 Å². The van der Waals surface area contributed by atoms with Crippen molar-refractivity contribution in [1.82, 2.24) is 5.32 Å². The number of hydrogen-bond acceptors (Lipinski definition) is 3. The predicted molar refractivity (Wildman–Crippen MR) is 66.6 cm³/mol. The molecule has 1 fully saturated rings. The summed E-state index contributed by atoms with van der Waals surface area (Å²) in [5.74, 6) is 1.02. The van der Waals surface area contributed by atoms with Crippen LogP contribution in [0.3, 0.4) is 0 Å². The van der Waals surface area contributed by atoms with E-state index in [9.17, 15) is 0 Å². The first kappa shape index (κ1) is 13.3. The Morgan fingerprint density at radius 1 is 1.50 bits per heavy atom. The van der Waals surface area contributed by atoms with Gasteiger partial charge in [-0.1, -0.05) is 25.9 Å². The van der Waals surface area contributed by atoms with Crippen molar-refractivity contribution in [2.45, 2.75) is 52.5 Å². The summed E-state index contributed by atoms with van der Waals surface area (Å²) in [5, 5.41) is 15.3. The molecule has 1 aliphatic carbocycles. The Hall–Kier alpha value is -0.770. The first-order valence-electron chi connectivity index (χ1n) is 6.23. The summed E-state index contributed by atoms with van der Waals surface area (Å²) in [6, 6.07) is 0.574. The zero-order chi connectivity index (χ0) is 12.2. The van der Waals surface area contributed by atoms with Crippen LogP contribution in [0.25, 0.3) is 0 Å². The molecule has 0 aromatic rings. The first-order valence-corrected chi connectivity index (χ1v) is 6.23. The van der Waals surface area contributed by atoms with Crippen LogP contribution in [-0.2, 0) is 0 Å². The minimum absolute atomic E-state index is 0.263. The first-order chi connectivity index (χ1) is 7.53. The van der Waals surface area contributed by atoms with Gasteiger partial charge in [0, 0.05) is 19.0 Å². The third-order valence-electron chi connectivity index (χ3n) is 3.63. The summed E-state index contributed by atoms with van der Waals surface area (Å²) in [5.41, 5.74) is 5.83. The number of nitrogens with one attached hydrogen (secondary N) is 1. The maximum Gasteiger partial charge on any atom is 0.139 e. The molecule has 16 heavy (non-hydrogen) atoms. The van der Waals surface area contributed by atoms with E-state index in [1.807, 2.05) is 0 Å². The molecule has 94 valence electrons. The van der Waals surface area contributed by atoms with Crippen molar-refractivity contribution >= 4 is 5.84 Å². The molecule has 1 aliphatic rings. The van der Waals surface area contributed by atoms with Crippen LogP contribution in [0.1, 0.15) is 46.5 Å². The summed E-state index contributed by atoms with van der Waals surface area (Å²) >= 11 is 0. The molecule has 0 bridgehead atoms. The molecule has 4 N–H and O–H groups in total. The molecule has 1 saturated carbocycles. The minimum Gasteiger partial charge on any atom is -0.409 e. The van der Waals surface area contributed by atoms with Gasteiger partial charge in [0.2, 0.25) is 0 Å². The Balaban J connectivity index is 2.36. The molecule has 4 nitrogen and oxygen atoms in total. The predicted octanol–water partition coefficient (Wildman–Crippen LogP) is 1.93. The molecule has 0 radical (unpaired) electrons. The van der Waals surface area contributed by atoms with E-state index >= 15 is 0 Å². The largest absolute Gasteiger partial charge is 0.409 e. The maximum absolute atomic E-state index is 8.58. The molecule has 0 aromatic heterocycles. The van der Waals surface area contributed by atoms with Crippen LogP contribution >= 0.6 is 0 Å². The quantitative estimate of drug-likeness (QED) is 0.269. The lowest BCUT2D eigenvalue weighted by Crippen LogP contribution is -2.38. The Bertz CT molecular complexity index is 247. The monoisotopic (exact) mass is 227 g/mol. The van der Waals surface area contributed by atoms with Gasteiger partial charge in [0.25, 0.3) is 0 Å². The Labute approximate surface area is 98.3 Å². The van der Waals surface area contributed by atoms with Crippen LogP contribution in [0.15, 0.2) is 5.16 Å². The van der Waals surface area contributed by atoms with Crippen LogP contribution in [0, 0.1) is 11.3 Å². The summed E-state index contributed by atoms with van der Waals surface area (Å²) in [6.45, 7) is 7.68. The molecular formula is C12H25N3O. The second-order valence-corrected chi connectivity index (χ2v) is 5.41. The van der Waals surface area contributed by atoms with Crippen LogP contribution in [0.4, 0.5) is 0 Å². The molecule has 0 spiro atoms. The van der Waals surface area contributed by atoms with E-state index in [2.05, 4.69) is 31.2 Å². The molecular weight excluding hydrogens is 202 g/mol. The number of nitrogens with zero attached hydrogens (tertiary/aromatic N) is 1. The van der Waals surface area contributed by atoms with Crippen molar-refractivity contribution in [3.63, 3.8) is 0 Å². The zero-order valence-corrected chi connectivity index (χ0v) is 10.7. The lowest BCUT2D eigenvalue weighted by molar-refractivity contribution is 0.311. The number of amidine groups is 1. The van der Waals surface area contributed by atoms with Gasteiger partial charge < -0.3 is 16.3 Å². The normalized spacial score (nSPS) is 21.1. The van der Waals surface area contributed by atoms with Gasteiger partial charge in [0.1, 0.15) is 5.84 Å². The summed E-state index contributed by atoms with van der Waals surface area (Å²) in [4.78, 5) is 0. The van der Waals surface area contributed by atoms with E-state index in [0.717, 1.165) is 13.0 Å². The van der Waals surface area contributed by atoms with Gasteiger partial charge >= 0.3 is 0 Å². The van der Waals surface area contributed by atoms with Gasteiger partial charge in [0.15, 0.2) is 0 Å². The van der Waals surface area contributed by atoms with Crippen LogP contribution < -0.4 is 11.1 Å². The van der Waals surface area contributed by atoms with E-state index in [1.54, 1.807) is 0 Å². The fourth-order valence-corrected chi connectivity index (χ4v) is 2.21. The highest BCUT2D eigenvalue weighted by atomic mass is 16.4. The van der Waals surface area contributed by atoms with Gasteiger partial charge in [-0.05, 0) is 30.6 Å². The second kappa shape index (κ2) is 5.53. The Morgan fingerprint density at radius 3 is 2.50 bits per heavy atom. The topological polar surface area (TPSA) is 70.6 Å². The Kier molecular flexibility index (Phi) is 4.59. The van der Waals surface area contributed by atoms with Crippen molar-refractivity contribution < 1.29 is 5.21 Å². The highest BCUT2D eigenvalue weighted by molar-refractivity contribution is 5.80. The standard InChI is InChI=1S/C12H25N3O/c1-4-10(9(2)3)14-8-12(5-6-12)7-11(13)15-16/h9-10,14,16H,4-8H2,1-3H3,(H2,13,15). The van der Waals surface area contributed by atoms with Gasteiger partial charge in [-0.3, -0.25) is 0 Å². The van der Waals surface area contributed by atoms with Gasteiger partial charge in [0.05, 0.1) is 0 Å². The van der Waals surface area contributed by atoms with Gasteiger partial charge in [-0.2, -0.15) is 0 Å². The highest BCUT2D eigenvalue weighted by Crippen LogP contribution is 2.48. The van der Waals surface area contributed by atoms with Crippen LogP contribution in [0.5, 0.6) is 0 Å². The third-order valence-corrected chi connectivity index (χ3v) is 3.63. The van der Waals surface area contributed by atoms with E-state index in [4.69, 9.17) is 10.9 Å². The number of nitrogens with two attached hydrogens (primary N) is 1. The molecule has 0 saturated heterocycles. The third kappa shape index (κ3) is 3.67. The molecule has 0 amide bonds. The molecule has 4 heteroatoms. The smallest absolute Gasteiger partial charge is 0.139 e.